The standard InChI is InChI=1S/C20H32F2N6O3/c1-2-31-18(30)27-8-5-19(12-27)9-15(10-19)26-6-3-14(4-7-26)28-13-20(21,22)11-16(28)17(29)24-25-23/h14-16H,2-13H2,1H3,(H2,23,24,29)/t15?,16-,19?/m1/s1. The summed E-state index contributed by atoms with van der Waals surface area (Å²) < 4.78 is 33.2. The molecular weight excluding hydrogens is 410 g/mol. The lowest BCUT2D eigenvalue weighted by atomic mass is 9.64. The number of halogens is 2. The number of carbonyl (C=O) groups excluding carboxylic acids is 2. The SMILES string of the molecule is CCOC(=O)N1CCC2(CC(N3CCC(N4CC(F)(F)C[C@@H]4C(=O)NN=N)CC3)C2)C1. The van der Waals surface area contributed by atoms with E-state index in [1.807, 2.05) is 17.2 Å². The quantitative estimate of drug-likeness (QED) is 0.502. The Morgan fingerprint density at radius 1 is 1.13 bits per heavy atom. The van der Waals surface area contributed by atoms with Crippen LogP contribution in [0.15, 0.2) is 5.22 Å². The molecule has 0 unspecified atom stereocenters. The van der Waals surface area contributed by atoms with Crippen LogP contribution in [-0.4, -0.2) is 90.1 Å². The molecule has 4 rings (SSSR count). The fraction of sp³-hybridized carbons (Fsp3) is 0.900. The fourth-order valence-electron chi connectivity index (χ4n) is 6.02. The monoisotopic (exact) mass is 442 g/mol. The van der Waals surface area contributed by atoms with E-state index in [1.54, 1.807) is 4.90 Å². The molecule has 9 nitrogen and oxygen atoms in total. The minimum Gasteiger partial charge on any atom is -0.450 e. The Morgan fingerprint density at radius 3 is 2.48 bits per heavy atom. The number of nitrogens with one attached hydrogen (secondary N) is 2. The van der Waals surface area contributed by atoms with Crippen molar-refractivity contribution in [2.24, 2.45) is 10.6 Å². The molecule has 0 aromatic carbocycles. The van der Waals surface area contributed by atoms with Crippen LogP contribution in [0.1, 0.15) is 45.4 Å². The van der Waals surface area contributed by atoms with E-state index >= 15 is 0 Å². The van der Waals surface area contributed by atoms with Crippen LogP contribution in [0, 0.1) is 10.9 Å². The van der Waals surface area contributed by atoms with Crippen LogP contribution in [0.4, 0.5) is 13.6 Å². The third kappa shape index (κ3) is 4.52. The van der Waals surface area contributed by atoms with Gasteiger partial charge in [0.15, 0.2) is 0 Å². The van der Waals surface area contributed by atoms with Gasteiger partial charge < -0.3 is 14.5 Å². The topological polar surface area (TPSA) is 101 Å². The normalized spacial score (nSPS) is 34.0. The summed E-state index contributed by atoms with van der Waals surface area (Å²) in [5.74, 6) is -3.52. The third-order valence-electron chi connectivity index (χ3n) is 7.56. The van der Waals surface area contributed by atoms with Crippen molar-refractivity contribution in [3.63, 3.8) is 0 Å². The van der Waals surface area contributed by atoms with Crippen LogP contribution in [-0.2, 0) is 9.53 Å². The van der Waals surface area contributed by atoms with Gasteiger partial charge in [-0.3, -0.25) is 9.69 Å². The van der Waals surface area contributed by atoms with E-state index < -0.39 is 30.8 Å². The molecule has 3 aliphatic heterocycles. The molecule has 2 N–H and O–H groups in total. The van der Waals surface area contributed by atoms with Gasteiger partial charge in [0.25, 0.3) is 11.8 Å². The maximum Gasteiger partial charge on any atom is 0.409 e. The number of rotatable bonds is 5. The molecule has 0 radical (unpaired) electrons. The highest BCUT2D eigenvalue weighted by Crippen LogP contribution is 2.50. The van der Waals surface area contributed by atoms with E-state index in [0.717, 1.165) is 58.3 Å². The van der Waals surface area contributed by atoms with Crippen molar-refractivity contribution in [3.8, 4) is 0 Å². The number of carbonyl (C=O) groups is 2. The van der Waals surface area contributed by atoms with Crippen molar-refractivity contribution in [3.05, 3.63) is 0 Å². The number of hydrogen-bond donors (Lipinski definition) is 2. The first kappa shape index (κ1) is 22.3. The molecule has 31 heavy (non-hydrogen) atoms. The van der Waals surface area contributed by atoms with Gasteiger partial charge in [-0.25, -0.2) is 19.0 Å². The smallest absolute Gasteiger partial charge is 0.409 e. The van der Waals surface area contributed by atoms with E-state index in [-0.39, 0.29) is 17.6 Å². The average molecular weight is 443 g/mol. The van der Waals surface area contributed by atoms with Gasteiger partial charge in [0.1, 0.15) is 0 Å². The maximum absolute atomic E-state index is 14.0. The number of ether oxygens (including phenoxy) is 1. The lowest BCUT2D eigenvalue weighted by molar-refractivity contribution is -0.127. The van der Waals surface area contributed by atoms with Crippen molar-refractivity contribution >= 4 is 12.0 Å². The molecule has 0 aromatic rings. The molecule has 3 saturated heterocycles. The number of nitrogens with zero attached hydrogens (tertiary/aromatic N) is 4. The van der Waals surface area contributed by atoms with Crippen molar-refractivity contribution < 1.29 is 23.1 Å². The molecule has 1 saturated carbocycles. The van der Waals surface area contributed by atoms with Crippen molar-refractivity contribution in [1.82, 2.24) is 20.1 Å². The summed E-state index contributed by atoms with van der Waals surface area (Å²) in [7, 11) is 0. The summed E-state index contributed by atoms with van der Waals surface area (Å²) in [6, 6.07) is -0.518. The predicted molar refractivity (Wildman–Crippen MR) is 107 cm³/mol. The largest absolute Gasteiger partial charge is 0.450 e. The van der Waals surface area contributed by atoms with Crippen molar-refractivity contribution in [1.29, 1.82) is 5.53 Å². The molecule has 3 heterocycles. The first-order valence-corrected chi connectivity index (χ1v) is 11.2. The summed E-state index contributed by atoms with van der Waals surface area (Å²) in [5.41, 5.74) is 9.00. The first-order valence-electron chi connectivity index (χ1n) is 11.2. The lowest BCUT2D eigenvalue weighted by Crippen LogP contribution is -2.57. The van der Waals surface area contributed by atoms with Crippen molar-refractivity contribution in [2.75, 3.05) is 39.3 Å². The highest BCUT2D eigenvalue weighted by atomic mass is 19.3. The van der Waals surface area contributed by atoms with Gasteiger partial charge >= 0.3 is 6.09 Å². The zero-order valence-electron chi connectivity index (χ0n) is 18.0. The average Bonchev–Trinajstić information content (AvgIpc) is 3.29. The second-order valence-corrected chi connectivity index (χ2v) is 9.54. The van der Waals surface area contributed by atoms with E-state index in [9.17, 15) is 18.4 Å². The van der Waals surface area contributed by atoms with E-state index in [4.69, 9.17) is 10.3 Å². The Labute approximate surface area is 180 Å². The minimum atomic E-state index is -2.89. The highest BCUT2D eigenvalue weighted by molar-refractivity contribution is 5.81. The molecular formula is C20H32F2N6O3. The number of piperidine rings is 1. The number of hydrogen-bond acceptors (Lipinski definition) is 7. The number of amides is 2. The van der Waals surface area contributed by atoms with Gasteiger partial charge in [0, 0.05) is 31.6 Å². The zero-order chi connectivity index (χ0) is 22.2. The molecule has 1 aliphatic carbocycles. The summed E-state index contributed by atoms with van der Waals surface area (Å²) in [6.07, 6.45) is 3.89. The van der Waals surface area contributed by atoms with Crippen LogP contribution in [0.2, 0.25) is 0 Å². The predicted octanol–water partition coefficient (Wildman–Crippen LogP) is 2.23. The van der Waals surface area contributed by atoms with E-state index in [0.29, 0.717) is 12.6 Å². The molecule has 0 bridgehead atoms. The van der Waals surface area contributed by atoms with Crippen LogP contribution in [0.25, 0.3) is 0 Å². The zero-order valence-corrected chi connectivity index (χ0v) is 18.0. The van der Waals surface area contributed by atoms with Gasteiger partial charge in [-0.2, -0.15) is 5.53 Å². The molecule has 1 spiro atoms. The Kier molecular flexibility index (Phi) is 6.17. The Morgan fingerprint density at radius 2 is 1.84 bits per heavy atom. The second kappa shape index (κ2) is 8.57. The Balaban J connectivity index is 1.27. The molecule has 11 heteroatoms. The fourth-order valence-corrected chi connectivity index (χ4v) is 6.02. The molecule has 0 aromatic heterocycles. The molecule has 2 amide bonds. The third-order valence-corrected chi connectivity index (χ3v) is 7.56. The molecule has 174 valence electrons. The van der Waals surface area contributed by atoms with Crippen LogP contribution in [0.3, 0.4) is 0 Å². The van der Waals surface area contributed by atoms with Gasteiger partial charge in [-0.1, -0.05) is 5.22 Å². The lowest BCUT2D eigenvalue weighted by Gasteiger charge is -2.52. The summed E-state index contributed by atoms with van der Waals surface area (Å²) >= 11 is 0. The highest BCUT2D eigenvalue weighted by Gasteiger charge is 2.53. The summed E-state index contributed by atoms with van der Waals surface area (Å²) in [6.45, 7) is 4.96. The van der Waals surface area contributed by atoms with Crippen LogP contribution in [0.5, 0.6) is 0 Å². The first-order chi connectivity index (χ1) is 14.8. The second-order valence-electron chi connectivity index (χ2n) is 9.54. The number of alkyl halides is 2. The maximum atomic E-state index is 14.0. The number of likely N-dealkylation sites (tertiary alicyclic amines) is 3. The van der Waals surface area contributed by atoms with Gasteiger partial charge in [-0.05, 0) is 57.5 Å². The summed E-state index contributed by atoms with van der Waals surface area (Å²) in [4.78, 5) is 30.0. The molecule has 4 fully saturated rings. The van der Waals surface area contributed by atoms with E-state index in [2.05, 4.69) is 10.1 Å². The Hall–Kier alpha value is -1.88. The molecule has 4 aliphatic rings. The summed E-state index contributed by atoms with van der Waals surface area (Å²) in [5, 5.41) is 2.86. The van der Waals surface area contributed by atoms with Crippen LogP contribution >= 0.6 is 0 Å². The Bertz CT molecular complexity index is 709. The molecule has 1 atom stereocenters. The van der Waals surface area contributed by atoms with Crippen molar-refractivity contribution in [2.45, 2.75) is 69.5 Å². The van der Waals surface area contributed by atoms with Crippen LogP contribution < -0.4 is 5.43 Å². The minimum absolute atomic E-state index is 0.0640. The van der Waals surface area contributed by atoms with Gasteiger partial charge in [-0.15, -0.1) is 0 Å². The van der Waals surface area contributed by atoms with Gasteiger partial charge in [0.2, 0.25) is 0 Å². The van der Waals surface area contributed by atoms with E-state index in [1.165, 1.54) is 0 Å². The van der Waals surface area contributed by atoms with Gasteiger partial charge in [0.05, 0.1) is 19.2 Å².